The third-order valence-electron chi connectivity index (χ3n) is 5.16. The minimum atomic E-state index is -4.54. The number of hydrogen-bond acceptors (Lipinski definition) is 2. The minimum Gasteiger partial charge on any atom is -0.303 e. The second-order valence-corrected chi connectivity index (χ2v) is 6.82. The van der Waals surface area contributed by atoms with Gasteiger partial charge >= 0.3 is 6.18 Å². The molecular weight excluding hydrogens is 341 g/mol. The lowest BCUT2D eigenvalue weighted by atomic mass is 9.98. The van der Waals surface area contributed by atoms with Crippen molar-refractivity contribution in [3.8, 4) is 11.3 Å². The van der Waals surface area contributed by atoms with E-state index in [9.17, 15) is 18.0 Å². The number of halogens is 3. The van der Waals surface area contributed by atoms with E-state index in [0.29, 0.717) is 22.2 Å². The summed E-state index contributed by atoms with van der Waals surface area (Å²) in [5.74, 6) is -0.411. The first-order valence-corrected chi connectivity index (χ1v) is 8.28. The maximum Gasteiger partial charge on any atom is 0.418 e. The summed E-state index contributed by atoms with van der Waals surface area (Å²) in [5, 5.41) is 0.471. The van der Waals surface area contributed by atoms with Crippen LogP contribution in [0.1, 0.15) is 34.5 Å². The van der Waals surface area contributed by atoms with Crippen molar-refractivity contribution >= 4 is 16.8 Å². The Hall–Kier alpha value is -2.60. The van der Waals surface area contributed by atoms with Gasteiger partial charge in [-0.05, 0) is 44.8 Å². The molecule has 1 atom stereocenters. The highest BCUT2D eigenvalue weighted by molar-refractivity contribution is 6.15. The van der Waals surface area contributed by atoms with Crippen LogP contribution in [0.25, 0.3) is 22.2 Å². The topological polar surface area (TPSA) is 25.2 Å². The smallest absolute Gasteiger partial charge is 0.303 e. The maximum absolute atomic E-state index is 13.7. The van der Waals surface area contributed by atoms with Gasteiger partial charge in [-0.1, -0.05) is 24.3 Å². The second-order valence-electron chi connectivity index (χ2n) is 6.82. The SMILES string of the molecule is CC(c1ccc(C(F)(F)F)c2c1cc1n2C(=O)c2ccccc2-1)N(C)C. The van der Waals surface area contributed by atoms with Crippen molar-refractivity contribution in [3.05, 3.63) is 59.2 Å². The predicted molar refractivity (Wildman–Crippen MR) is 94.2 cm³/mol. The van der Waals surface area contributed by atoms with Gasteiger partial charge in [0.1, 0.15) is 0 Å². The summed E-state index contributed by atoms with van der Waals surface area (Å²) in [6.45, 7) is 1.93. The lowest BCUT2D eigenvalue weighted by molar-refractivity contribution is -0.136. The Morgan fingerprint density at radius 1 is 1.04 bits per heavy atom. The summed E-state index contributed by atoms with van der Waals surface area (Å²) in [5.41, 5.74) is 1.55. The number of nitrogens with zero attached hydrogens (tertiary/aromatic N) is 2. The lowest BCUT2D eigenvalue weighted by Gasteiger charge is -2.22. The van der Waals surface area contributed by atoms with Gasteiger partial charge in [-0.2, -0.15) is 13.2 Å². The van der Waals surface area contributed by atoms with Gasteiger partial charge in [-0.15, -0.1) is 0 Å². The number of alkyl halides is 3. The number of aromatic nitrogens is 1. The molecule has 1 aromatic heterocycles. The van der Waals surface area contributed by atoms with Gasteiger partial charge in [0.15, 0.2) is 0 Å². The Morgan fingerprint density at radius 3 is 2.31 bits per heavy atom. The summed E-state index contributed by atoms with van der Waals surface area (Å²) in [6, 6.07) is 11.1. The molecule has 3 nitrogen and oxygen atoms in total. The monoisotopic (exact) mass is 358 g/mol. The Bertz CT molecular complexity index is 1050. The second kappa shape index (κ2) is 5.45. The number of carbonyl (C=O) groups excluding carboxylic acids is 1. The zero-order valence-corrected chi connectivity index (χ0v) is 14.6. The Kier molecular flexibility index (Phi) is 3.53. The molecule has 0 saturated carbocycles. The van der Waals surface area contributed by atoms with E-state index in [-0.39, 0.29) is 11.6 Å². The van der Waals surface area contributed by atoms with Gasteiger partial charge in [-0.25, -0.2) is 0 Å². The van der Waals surface area contributed by atoms with Crippen LogP contribution in [0, 0.1) is 0 Å². The first-order valence-electron chi connectivity index (χ1n) is 8.28. The fraction of sp³-hybridized carbons (Fsp3) is 0.250. The Morgan fingerprint density at radius 2 is 1.69 bits per heavy atom. The fourth-order valence-electron chi connectivity index (χ4n) is 3.63. The highest BCUT2D eigenvalue weighted by atomic mass is 19.4. The van der Waals surface area contributed by atoms with Crippen LogP contribution in [-0.2, 0) is 6.18 Å². The molecule has 134 valence electrons. The molecule has 4 rings (SSSR count). The average molecular weight is 358 g/mol. The number of carbonyl (C=O) groups is 1. The molecule has 2 aromatic carbocycles. The van der Waals surface area contributed by atoms with E-state index >= 15 is 0 Å². The van der Waals surface area contributed by atoms with Gasteiger partial charge in [0.2, 0.25) is 0 Å². The number of fused-ring (bicyclic) bond motifs is 5. The van der Waals surface area contributed by atoms with E-state index in [0.717, 1.165) is 11.6 Å². The standard InChI is InChI=1S/C20H17F3N2O/c1-11(24(2)3)12-8-9-16(20(21,22)23)18-15(12)10-17-13-6-4-5-7-14(13)19(26)25(17)18/h4-11H,1-3H3. The van der Waals surface area contributed by atoms with Gasteiger partial charge in [0, 0.05) is 22.6 Å². The molecule has 0 N–H and O–H groups in total. The molecule has 3 aromatic rings. The molecule has 1 aliphatic heterocycles. The summed E-state index contributed by atoms with van der Waals surface area (Å²) in [6.07, 6.45) is -4.54. The third kappa shape index (κ3) is 2.22. The first kappa shape index (κ1) is 16.8. The first-order chi connectivity index (χ1) is 12.2. The van der Waals surface area contributed by atoms with Crippen LogP contribution in [0.15, 0.2) is 42.5 Å². The van der Waals surface area contributed by atoms with Crippen molar-refractivity contribution in [2.45, 2.75) is 19.1 Å². The van der Waals surface area contributed by atoms with Crippen LogP contribution >= 0.6 is 0 Å². The average Bonchev–Trinajstić information content (AvgIpc) is 3.10. The molecular formula is C20H17F3N2O. The van der Waals surface area contributed by atoms with E-state index in [2.05, 4.69) is 0 Å². The molecule has 0 amide bonds. The minimum absolute atomic E-state index is 0.0556. The van der Waals surface area contributed by atoms with Crippen LogP contribution in [0.3, 0.4) is 0 Å². The van der Waals surface area contributed by atoms with Gasteiger partial charge in [-0.3, -0.25) is 9.36 Å². The molecule has 0 radical (unpaired) electrons. The fourth-order valence-corrected chi connectivity index (χ4v) is 3.63. The number of benzene rings is 2. The molecule has 1 aliphatic rings. The third-order valence-corrected chi connectivity index (χ3v) is 5.16. The molecule has 26 heavy (non-hydrogen) atoms. The van der Waals surface area contributed by atoms with Gasteiger partial charge in [0.05, 0.1) is 16.8 Å². The summed E-state index contributed by atoms with van der Waals surface area (Å²) < 4.78 is 42.2. The zero-order valence-electron chi connectivity index (χ0n) is 14.6. The van der Waals surface area contributed by atoms with Crippen molar-refractivity contribution in [3.63, 3.8) is 0 Å². The van der Waals surface area contributed by atoms with Crippen molar-refractivity contribution in [1.29, 1.82) is 0 Å². The summed E-state index contributed by atoms with van der Waals surface area (Å²) >= 11 is 0. The molecule has 0 spiro atoms. The predicted octanol–water partition coefficient (Wildman–Crippen LogP) is 4.95. The zero-order chi connectivity index (χ0) is 18.8. The van der Waals surface area contributed by atoms with Crippen molar-refractivity contribution in [1.82, 2.24) is 9.47 Å². The number of rotatable bonds is 2. The van der Waals surface area contributed by atoms with Crippen molar-refractivity contribution < 1.29 is 18.0 Å². The Balaban J connectivity index is 2.12. The normalized spacial score (nSPS) is 14.8. The lowest BCUT2D eigenvalue weighted by Crippen LogP contribution is -2.18. The molecule has 6 heteroatoms. The highest BCUT2D eigenvalue weighted by Gasteiger charge is 2.38. The molecule has 0 bridgehead atoms. The summed E-state index contributed by atoms with van der Waals surface area (Å²) in [4.78, 5) is 14.8. The van der Waals surface area contributed by atoms with Crippen LogP contribution in [0.5, 0.6) is 0 Å². The maximum atomic E-state index is 13.7. The van der Waals surface area contributed by atoms with E-state index in [1.54, 1.807) is 30.3 Å². The quantitative estimate of drug-likeness (QED) is 0.506. The van der Waals surface area contributed by atoms with Crippen LogP contribution < -0.4 is 0 Å². The van der Waals surface area contributed by atoms with Crippen LogP contribution in [0.4, 0.5) is 13.2 Å². The van der Waals surface area contributed by atoms with E-state index in [4.69, 9.17) is 0 Å². The molecule has 1 unspecified atom stereocenters. The molecule has 0 saturated heterocycles. The van der Waals surface area contributed by atoms with Crippen LogP contribution in [-0.4, -0.2) is 29.5 Å². The highest BCUT2D eigenvalue weighted by Crippen LogP contribution is 2.44. The van der Waals surface area contributed by atoms with Gasteiger partial charge in [0.25, 0.3) is 5.91 Å². The van der Waals surface area contributed by atoms with E-state index in [1.165, 1.54) is 10.6 Å². The van der Waals surface area contributed by atoms with E-state index in [1.807, 2.05) is 25.9 Å². The summed E-state index contributed by atoms with van der Waals surface area (Å²) in [7, 11) is 3.75. The Labute approximate surface area is 148 Å². The van der Waals surface area contributed by atoms with Crippen molar-refractivity contribution in [2.75, 3.05) is 14.1 Å². The van der Waals surface area contributed by atoms with E-state index < -0.39 is 17.6 Å². The van der Waals surface area contributed by atoms with Crippen molar-refractivity contribution in [2.24, 2.45) is 0 Å². The molecule has 0 aliphatic carbocycles. The number of hydrogen-bond donors (Lipinski definition) is 0. The molecule has 0 fully saturated rings. The largest absolute Gasteiger partial charge is 0.418 e. The van der Waals surface area contributed by atoms with Gasteiger partial charge < -0.3 is 4.90 Å². The van der Waals surface area contributed by atoms with Crippen LogP contribution in [0.2, 0.25) is 0 Å². The molecule has 2 heterocycles.